The fourth-order valence-corrected chi connectivity index (χ4v) is 2.07. The molecule has 0 amide bonds. The third kappa shape index (κ3) is 3.57. The lowest BCUT2D eigenvalue weighted by atomic mass is 10.3. The molecule has 0 fully saturated rings. The number of halogens is 2. The van der Waals surface area contributed by atoms with Crippen molar-refractivity contribution < 1.29 is 4.74 Å². The SMILES string of the molecule is O=c1[nH]cc(Br)c(=O)n1CCOc1ccc(Br)cc1. The van der Waals surface area contributed by atoms with Crippen LogP contribution in [0.15, 0.2) is 49.0 Å². The minimum atomic E-state index is -0.451. The topological polar surface area (TPSA) is 64.1 Å². The predicted molar refractivity (Wildman–Crippen MR) is 78.7 cm³/mol. The van der Waals surface area contributed by atoms with Crippen molar-refractivity contribution in [1.82, 2.24) is 9.55 Å². The van der Waals surface area contributed by atoms with Crippen LogP contribution in [0.2, 0.25) is 0 Å². The average molecular weight is 390 g/mol. The smallest absolute Gasteiger partial charge is 0.328 e. The molecule has 7 heteroatoms. The van der Waals surface area contributed by atoms with E-state index in [1.54, 1.807) is 12.1 Å². The summed E-state index contributed by atoms with van der Waals surface area (Å²) < 4.78 is 7.83. The molecule has 1 aromatic heterocycles. The molecule has 0 saturated carbocycles. The maximum Gasteiger partial charge on any atom is 0.328 e. The Kier molecular flexibility index (Phi) is 4.60. The highest BCUT2D eigenvalue weighted by atomic mass is 79.9. The highest BCUT2D eigenvalue weighted by Gasteiger charge is 2.05. The van der Waals surface area contributed by atoms with Gasteiger partial charge in [-0.2, -0.15) is 0 Å². The van der Waals surface area contributed by atoms with Crippen molar-refractivity contribution in [2.75, 3.05) is 6.61 Å². The zero-order valence-electron chi connectivity index (χ0n) is 9.73. The number of nitrogens with zero attached hydrogens (tertiary/aromatic N) is 1. The van der Waals surface area contributed by atoms with Gasteiger partial charge >= 0.3 is 5.69 Å². The van der Waals surface area contributed by atoms with E-state index in [4.69, 9.17) is 4.74 Å². The number of ether oxygens (including phenoxy) is 1. The summed E-state index contributed by atoms with van der Waals surface area (Å²) in [7, 11) is 0. The molecular formula is C12H10Br2N2O3. The Morgan fingerprint density at radius 3 is 2.53 bits per heavy atom. The molecule has 0 bridgehead atoms. The van der Waals surface area contributed by atoms with E-state index < -0.39 is 5.69 Å². The molecule has 2 aromatic rings. The summed E-state index contributed by atoms with van der Waals surface area (Å²) in [6.45, 7) is 0.421. The van der Waals surface area contributed by atoms with Crippen molar-refractivity contribution in [3.63, 3.8) is 0 Å². The minimum absolute atomic E-state index is 0.184. The second-order valence-corrected chi connectivity index (χ2v) is 5.47. The van der Waals surface area contributed by atoms with Crippen LogP contribution in [0.3, 0.4) is 0 Å². The van der Waals surface area contributed by atoms with E-state index in [1.807, 2.05) is 12.1 Å². The molecule has 1 heterocycles. The Morgan fingerprint density at radius 1 is 1.16 bits per heavy atom. The van der Waals surface area contributed by atoms with Crippen molar-refractivity contribution in [3.8, 4) is 5.75 Å². The van der Waals surface area contributed by atoms with Gasteiger partial charge in [0, 0.05) is 10.7 Å². The molecule has 0 aliphatic heterocycles. The number of aromatic nitrogens is 2. The van der Waals surface area contributed by atoms with Gasteiger partial charge in [-0.3, -0.25) is 9.36 Å². The van der Waals surface area contributed by atoms with Gasteiger partial charge in [0.15, 0.2) is 0 Å². The van der Waals surface area contributed by atoms with Crippen LogP contribution in [0.4, 0.5) is 0 Å². The van der Waals surface area contributed by atoms with Crippen LogP contribution in [-0.4, -0.2) is 16.2 Å². The summed E-state index contributed by atoms with van der Waals surface area (Å²) in [6.07, 6.45) is 1.33. The molecule has 0 radical (unpaired) electrons. The van der Waals surface area contributed by atoms with Gasteiger partial charge in [0.25, 0.3) is 5.56 Å². The summed E-state index contributed by atoms with van der Waals surface area (Å²) >= 11 is 6.40. The van der Waals surface area contributed by atoms with E-state index in [0.717, 1.165) is 9.04 Å². The van der Waals surface area contributed by atoms with Crippen molar-refractivity contribution in [3.05, 3.63) is 60.2 Å². The summed E-state index contributed by atoms with van der Waals surface area (Å²) in [5, 5.41) is 0. The van der Waals surface area contributed by atoms with Crippen LogP contribution in [-0.2, 0) is 6.54 Å². The van der Waals surface area contributed by atoms with E-state index in [-0.39, 0.29) is 18.7 Å². The zero-order chi connectivity index (χ0) is 13.8. The van der Waals surface area contributed by atoms with Crippen molar-refractivity contribution in [1.29, 1.82) is 0 Å². The highest BCUT2D eigenvalue weighted by Crippen LogP contribution is 2.15. The molecule has 0 aliphatic rings. The first-order valence-electron chi connectivity index (χ1n) is 5.44. The molecule has 0 saturated heterocycles. The van der Waals surface area contributed by atoms with Gasteiger partial charge in [0.05, 0.1) is 11.0 Å². The van der Waals surface area contributed by atoms with Gasteiger partial charge in [-0.25, -0.2) is 4.79 Å². The van der Waals surface area contributed by atoms with E-state index in [0.29, 0.717) is 10.2 Å². The molecule has 19 heavy (non-hydrogen) atoms. The standard InChI is InChI=1S/C12H10Br2N2O3/c13-8-1-3-9(4-2-8)19-6-5-16-11(17)10(14)7-15-12(16)18/h1-4,7H,5-6H2,(H,15,18). The number of nitrogens with one attached hydrogen (secondary N) is 1. The predicted octanol–water partition coefficient (Wildman–Crippen LogP) is 2.14. The average Bonchev–Trinajstić information content (AvgIpc) is 2.40. The van der Waals surface area contributed by atoms with Crippen molar-refractivity contribution in [2.24, 2.45) is 0 Å². The van der Waals surface area contributed by atoms with E-state index in [9.17, 15) is 9.59 Å². The largest absolute Gasteiger partial charge is 0.492 e. The van der Waals surface area contributed by atoms with Crippen molar-refractivity contribution in [2.45, 2.75) is 6.54 Å². The number of H-pyrrole nitrogens is 1. The summed E-state index contributed by atoms with van der Waals surface area (Å²) in [6, 6.07) is 7.32. The minimum Gasteiger partial charge on any atom is -0.492 e. The monoisotopic (exact) mass is 388 g/mol. The third-order valence-corrected chi connectivity index (χ3v) is 3.51. The summed E-state index contributed by atoms with van der Waals surface area (Å²) in [5.74, 6) is 0.683. The molecule has 1 N–H and O–H groups in total. The fraction of sp³-hybridized carbons (Fsp3) is 0.167. The van der Waals surface area contributed by atoms with Crippen LogP contribution >= 0.6 is 31.9 Å². The number of benzene rings is 1. The lowest BCUT2D eigenvalue weighted by Gasteiger charge is -2.07. The summed E-state index contributed by atoms with van der Waals surface area (Å²) in [5.41, 5.74) is -0.823. The first kappa shape index (κ1) is 14.1. The van der Waals surface area contributed by atoms with Crippen LogP contribution in [0.1, 0.15) is 0 Å². The lowest BCUT2D eigenvalue weighted by Crippen LogP contribution is -2.36. The second kappa shape index (κ2) is 6.21. The second-order valence-electron chi connectivity index (χ2n) is 3.70. The highest BCUT2D eigenvalue weighted by molar-refractivity contribution is 9.10. The van der Waals surface area contributed by atoms with E-state index >= 15 is 0 Å². The third-order valence-electron chi connectivity index (χ3n) is 2.41. The fourth-order valence-electron chi connectivity index (χ4n) is 1.47. The first-order chi connectivity index (χ1) is 9.08. The number of rotatable bonds is 4. The maximum atomic E-state index is 11.7. The van der Waals surface area contributed by atoms with Gasteiger partial charge in [0.1, 0.15) is 12.4 Å². The van der Waals surface area contributed by atoms with Gasteiger partial charge in [-0.1, -0.05) is 15.9 Å². The van der Waals surface area contributed by atoms with Gasteiger partial charge < -0.3 is 9.72 Å². The molecular weight excluding hydrogens is 380 g/mol. The van der Waals surface area contributed by atoms with Crippen LogP contribution < -0.4 is 16.0 Å². The van der Waals surface area contributed by atoms with Crippen LogP contribution in [0, 0.1) is 0 Å². The van der Waals surface area contributed by atoms with E-state index in [2.05, 4.69) is 36.8 Å². The Labute approximate surface area is 125 Å². The Bertz CT molecular complexity index is 677. The quantitative estimate of drug-likeness (QED) is 0.871. The van der Waals surface area contributed by atoms with Gasteiger partial charge in [-0.15, -0.1) is 0 Å². The molecule has 5 nitrogen and oxygen atoms in total. The Hall–Kier alpha value is -1.34. The normalized spacial score (nSPS) is 10.4. The number of aromatic amines is 1. The van der Waals surface area contributed by atoms with E-state index in [1.165, 1.54) is 6.20 Å². The lowest BCUT2D eigenvalue weighted by molar-refractivity contribution is 0.293. The van der Waals surface area contributed by atoms with Crippen molar-refractivity contribution >= 4 is 31.9 Å². The zero-order valence-corrected chi connectivity index (χ0v) is 12.9. The molecule has 0 aliphatic carbocycles. The van der Waals surface area contributed by atoms with Crippen LogP contribution in [0.25, 0.3) is 0 Å². The Morgan fingerprint density at radius 2 is 1.84 bits per heavy atom. The molecule has 0 spiro atoms. The summed E-state index contributed by atoms with van der Waals surface area (Å²) in [4.78, 5) is 25.7. The number of hydrogen-bond acceptors (Lipinski definition) is 3. The Balaban J connectivity index is 2.04. The molecule has 1 aromatic carbocycles. The van der Waals surface area contributed by atoms with Gasteiger partial charge in [-0.05, 0) is 40.2 Å². The first-order valence-corrected chi connectivity index (χ1v) is 7.03. The van der Waals surface area contributed by atoms with Crippen LogP contribution in [0.5, 0.6) is 5.75 Å². The molecule has 100 valence electrons. The number of hydrogen-bond donors (Lipinski definition) is 1. The molecule has 0 unspecified atom stereocenters. The van der Waals surface area contributed by atoms with Gasteiger partial charge in [0.2, 0.25) is 0 Å². The maximum absolute atomic E-state index is 11.7. The molecule has 2 rings (SSSR count). The molecule has 0 atom stereocenters.